The van der Waals surface area contributed by atoms with Crippen LogP contribution in [0.15, 0.2) is 158 Å². The van der Waals surface area contributed by atoms with Crippen LogP contribution >= 0.6 is 0 Å². The number of hydrogen-bond donors (Lipinski definition) is 0. The highest BCUT2D eigenvalue weighted by Gasteiger charge is 2.37. The molecule has 10 rings (SSSR count). The summed E-state index contributed by atoms with van der Waals surface area (Å²) in [7, 11) is -1.85. The molecule has 51 heavy (non-hydrogen) atoms. The first-order chi connectivity index (χ1) is 25.0. The van der Waals surface area contributed by atoms with Crippen molar-refractivity contribution >= 4 is 51.2 Å². The Labute approximate surface area is 297 Å². The van der Waals surface area contributed by atoms with E-state index >= 15 is 0 Å². The molecule has 1 aliphatic rings. The van der Waals surface area contributed by atoms with Crippen LogP contribution in [0.3, 0.4) is 0 Å². The summed E-state index contributed by atoms with van der Waals surface area (Å²) >= 11 is 0. The van der Waals surface area contributed by atoms with Crippen LogP contribution in [0.4, 0.5) is 0 Å². The van der Waals surface area contributed by atoms with Crippen molar-refractivity contribution in [3.8, 4) is 55.9 Å². The molecule has 0 unspecified atom stereocenters. The summed E-state index contributed by atoms with van der Waals surface area (Å²) < 4.78 is 0. The van der Waals surface area contributed by atoms with Gasteiger partial charge in [0.1, 0.15) is 8.07 Å². The monoisotopic (exact) mass is 668 g/mol. The van der Waals surface area contributed by atoms with Crippen molar-refractivity contribution in [2.75, 3.05) is 0 Å². The predicted molar refractivity (Wildman–Crippen MR) is 214 cm³/mol. The van der Waals surface area contributed by atoms with Crippen molar-refractivity contribution in [1.82, 2.24) is 19.9 Å². The lowest BCUT2D eigenvalue weighted by Crippen LogP contribution is -2.49. The van der Waals surface area contributed by atoms with Crippen molar-refractivity contribution in [2.45, 2.75) is 13.1 Å². The van der Waals surface area contributed by atoms with Crippen molar-refractivity contribution < 1.29 is 0 Å². The lowest BCUT2D eigenvalue weighted by atomic mass is 9.96. The summed E-state index contributed by atoms with van der Waals surface area (Å²) in [6.45, 7) is 4.93. The molecule has 0 atom stereocenters. The Balaban J connectivity index is 1.09. The van der Waals surface area contributed by atoms with Gasteiger partial charge in [-0.25, -0.2) is 4.98 Å². The number of rotatable bonds is 4. The molecule has 4 aromatic heterocycles. The highest BCUT2D eigenvalue weighted by atomic mass is 28.3. The van der Waals surface area contributed by atoms with Crippen LogP contribution in [0, 0.1) is 0 Å². The zero-order chi connectivity index (χ0) is 34.1. The van der Waals surface area contributed by atoms with Gasteiger partial charge in [0.15, 0.2) is 0 Å². The van der Waals surface area contributed by atoms with Crippen molar-refractivity contribution in [3.05, 3.63) is 158 Å². The molecule has 5 heterocycles. The van der Waals surface area contributed by atoms with Gasteiger partial charge < -0.3 is 0 Å². The standard InChI is InChI=1S/C46H32N4Si/c1-51(2)42-13-4-3-11-37(42)38-21-20-33(27-43(38)51)40-25-35(26-41(50-40)39-12-5-8-31-9-6-22-47-44(31)39)29-14-16-30(17-15-29)36-24-34-19-18-32-10-7-23-48-45(32)46(34)49-28-36/h3-28H,1-2H3. The van der Waals surface area contributed by atoms with E-state index in [4.69, 9.17) is 15.0 Å². The quantitative estimate of drug-likeness (QED) is 0.138. The molecule has 0 saturated carbocycles. The Morgan fingerprint density at radius 2 is 1.02 bits per heavy atom. The van der Waals surface area contributed by atoms with Gasteiger partial charge in [0.2, 0.25) is 0 Å². The second-order valence-electron chi connectivity index (χ2n) is 14.0. The smallest absolute Gasteiger partial charge is 0.113 e. The van der Waals surface area contributed by atoms with E-state index in [9.17, 15) is 0 Å². The molecular weight excluding hydrogens is 637 g/mol. The van der Waals surface area contributed by atoms with E-state index in [1.807, 2.05) is 30.7 Å². The zero-order valence-electron chi connectivity index (χ0n) is 28.3. The molecule has 0 spiro atoms. The summed E-state index contributed by atoms with van der Waals surface area (Å²) in [6.07, 6.45) is 5.65. The van der Waals surface area contributed by atoms with Crippen LogP contribution in [0.2, 0.25) is 13.1 Å². The van der Waals surface area contributed by atoms with E-state index in [-0.39, 0.29) is 0 Å². The van der Waals surface area contributed by atoms with E-state index in [0.717, 1.165) is 77.5 Å². The fraction of sp³-hybridized carbons (Fsp3) is 0.0435. The highest BCUT2D eigenvalue weighted by Crippen LogP contribution is 2.36. The molecule has 0 fully saturated rings. The number of hydrogen-bond acceptors (Lipinski definition) is 4. The zero-order valence-corrected chi connectivity index (χ0v) is 29.3. The number of para-hydroxylation sites is 1. The average Bonchev–Trinajstić information content (AvgIpc) is 3.42. The fourth-order valence-corrected chi connectivity index (χ4v) is 11.0. The van der Waals surface area contributed by atoms with Crippen molar-refractivity contribution in [1.29, 1.82) is 0 Å². The molecule has 4 nitrogen and oxygen atoms in total. The number of fused-ring (bicyclic) bond motifs is 7. The van der Waals surface area contributed by atoms with Gasteiger partial charge in [-0.3, -0.25) is 15.0 Å². The highest BCUT2D eigenvalue weighted by molar-refractivity contribution is 7.03. The average molecular weight is 669 g/mol. The van der Waals surface area contributed by atoms with E-state index in [0.29, 0.717) is 0 Å². The Kier molecular flexibility index (Phi) is 6.60. The van der Waals surface area contributed by atoms with Gasteiger partial charge in [0.25, 0.3) is 0 Å². The molecule has 0 N–H and O–H groups in total. The van der Waals surface area contributed by atoms with Crippen LogP contribution in [-0.4, -0.2) is 28.0 Å². The Morgan fingerprint density at radius 1 is 0.392 bits per heavy atom. The van der Waals surface area contributed by atoms with Crippen LogP contribution in [0.25, 0.3) is 88.6 Å². The second-order valence-corrected chi connectivity index (χ2v) is 18.3. The maximum Gasteiger partial charge on any atom is 0.113 e. The largest absolute Gasteiger partial charge is 0.256 e. The molecular formula is C46H32N4Si. The van der Waals surface area contributed by atoms with E-state index in [1.54, 1.807) is 0 Å². The van der Waals surface area contributed by atoms with Gasteiger partial charge in [-0.2, -0.15) is 0 Å². The van der Waals surface area contributed by atoms with Crippen LogP contribution in [0.1, 0.15) is 0 Å². The molecule has 5 aromatic carbocycles. The number of benzene rings is 5. The third-order valence-corrected chi connectivity index (χ3v) is 14.1. The summed E-state index contributed by atoms with van der Waals surface area (Å²) in [5, 5.41) is 6.26. The first kappa shape index (κ1) is 29.6. The SMILES string of the molecule is C[Si]1(C)c2ccccc2-c2ccc(-c3cc(-c4ccc(-c5cnc6c(ccc7cccnc76)c5)cc4)cc(-c4cccc5cccnc45)n3)cc21. The van der Waals surface area contributed by atoms with Gasteiger partial charge in [-0.05, 0) is 68.5 Å². The maximum absolute atomic E-state index is 5.35. The molecule has 5 heteroatoms. The Morgan fingerprint density at radius 3 is 1.86 bits per heavy atom. The summed E-state index contributed by atoms with van der Waals surface area (Å²) in [6, 6.07) is 50.1. The molecule has 0 bridgehead atoms. The van der Waals surface area contributed by atoms with Gasteiger partial charge in [-0.1, -0.05) is 122 Å². The van der Waals surface area contributed by atoms with Crippen molar-refractivity contribution in [3.63, 3.8) is 0 Å². The molecule has 0 saturated heterocycles. The normalized spacial score (nSPS) is 13.1. The second kappa shape index (κ2) is 11.4. The Hall–Kier alpha value is -6.30. The first-order valence-corrected chi connectivity index (χ1v) is 20.4. The van der Waals surface area contributed by atoms with Gasteiger partial charge in [-0.15, -0.1) is 0 Å². The lowest BCUT2D eigenvalue weighted by molar-refractivity contribution is 1.32. The van der Waals surface area contributed by atoms with Crippen LogP contribution < -0.4 is 10.4 Å². The minimum absolute atomic E-state index is 0.913. The minimum Gasteiger partial charge on any atom is -0.256 e. The van der Waals surface area contributed by atoms with E-state index < -0.39 is 8.07 Å². The maximum atomic E-state index is 5.35. The van der Waals surface area contributed by atoms with Gasteiger partial charge in [0, 0.05) is 51.4 Å². The van der Waals surface area contributed by atoms with Crippen LogP contribution in [0.5, 0.6) is 0 Å². The molecule has 0 aliphatic carbocycles. The number of nitrogens with zero attached hydrogens (tertiary/aromatic N) is 4. The molecule has 0 amide bonds. The van der Waals surface area contributed by atoms with Crippen molar-refractivity contribution in [2.24, 2.45) is 0 Å². The summed E-state index contributed by atoms with van der Waals surface area (Å²) in [4.78, 5) is 19.6. The number of aromatic nitrogens is 4. The fourth-order valence-electron chi connectivity index (χ4n) is 7.91. The van der Waals surface area contributed by atoms with E-state index in [2.05, 4.69) is 145 Å². The minimum atomic E-state index is -1.85. The Bertz CT molecular complexity index is 2840. The van der Waals surface area contributed by atoms with Gasteiger partial charge in [0.05, 0.1) is 27.9 Å². The predicted octanol–water partition coefficient (Wildman–Crippen LogP) is 10.2. The summed E-state index contributed by atoms with van der Waals surface area (Å²) in [5.41, 5.74) is 14.0. The third kappa shape index (κ3) is 4.81. The van der Waals surface area contributed by atoms with E-state index in [1.165, 1.54) is 21.5 Å². The first-order valence-electron chi connectivity index (χ1n) is 17.4. The molecule has 9 aromatic rings. The van der Waals surface area contributed by atoms with Crippen LogP contribution in [-0.2, 0) is 0 Å². The number of pyridine rings is 4. The summed E-state index contributed by atoms with van der Waals surface area (Å²) in [5.74, 6) is 0. The molecule has 240 valence electrons. The third-order valence-electron chi connectivity index (χ3n) is 10.6. The van der Waals surface area contributed by atoms with Gasteiger partial charge >= 0.3 is 0 Å². The molecule has 1 aliphatic heterocycles. The topological polar surface area (TPSA) is 51.6 Å². The lowest BCUT2D eigenvalue weighted by Gasteiger charge is -2.19. The molecule has 0 radical (unpaired) electrons.